The molecular formula is C4H15NNaO4P. The molecule has 0 aromatic heterocycles. The molecule has 0 aromatic carbocycles. The Kier molecular flexibility index (Phi) is 18.1. The van der Waals surface area contributed by atoms with E-state index < -0.39 is 7.82 Å². The van der Waals surface area contributed by atoms with Crippen LogP contribution in [0.1, 0.15) is 21.2 Å². The molecule has 11 heavy (non-hydrogen) atoms. The van der Waals surface area contributed by atoms with Crippen molar-refractivity contribution in [1.29, 1.82) is 0 Å². The van der Waals surface area contributed by atoms with Crippen LogP contribution >= 0.6 is 7.82 Å². The van der Waals surface area contributed by atoms with Crippen LogP contribution in [0.15, 0.2) is 0 Å². The molecule has 0 aliphatic heterocycles. The van der Waals surface area contributed by atoms with Crippen molar-refractivity contribution in [3.63, 3.8) is 0 Å². The molecule has 0 heterocycles. The predicted octanol–water partition coefficient (Wildman–Crippen LogP) is -3.07. The molecular weight excluding hydrogens is 180 g/mol. The van der Waals surface area contributed by atoms with Gasteiger partial charge in [-0.1, -0.05) is 13.3 Å². The standard InChI is InChI=1S/C4H11N.Na.H3O4P.H/c1-2-3-4-5;;1-5(2,3)4;/h2-5H2,1H3;;(H3,1,2,3,4);/q;+1;;-1. The molecule has 0 unspecified atom stereocenters. The van der Waals surface area contributed by atoms with E-state index in [2.05, 4.69) is 6.92 Å². The summed E-state index contributed by atoms with van der Waals surface area (Å²) in [5.41, 5.74) is 5.14. The summed E-state index contributed by atoms with van der Waals surface area (Å²) in [6.07, 6.45) is 2.39. The topological polar surface area (TPSA) is 104 Å². The SMILES string of the molecule is CCCCN.O=P(O)(O)O.[H-].[Na+]. The van der Waals surface area contributed by atoms with Crippen LogP contribution in [-0.4, -0.2) is 21.2 Å². The summed E-state index contributed by atoms with van der Waals surface area (Å²) < 4.78 is 8.88. The zero-order valence-electron chi connectivity index (χ0n) is 7.90. The van der Waals surface area contributed by atoms with E-state index in [-0.39, 0.29) is 31.0 Å². The summed E-state index contributed by atoms with van der Waals surface area (Å²) >= 11 is 0. The maximum Gasteiger partial charge on any atom is 1.00 e. The Morgan fingerprint density at radius 1 is 1.45 bits per heavy atom. The zero-order valence-corrected chi connectivity index (χ0v) is 9.79. The summed E-state index contributed by atoms with van der Waals surface area (Å²) in [6, 6.07) is 0. The van der Waals surface area contributed by atoms with Gasteiger partial charge in [0, 0.05) is 0 Å². The van der Waals surface area contributed by atoms with Crippen molar-refractivity contribution in [2.75, 3.05) is 6.54 Å². The van der Waals surface area contributed by atoms with E-state index in [9.17, 15) is 0 Å². The fraction of sp³-hybridized carbons (Fsp3) is 1.00. The van der Waals surface area contributed by atoms with Crippen LogP contribution in [-0.2, 0) is 4.57 Å². The van der Waals surface area contributed by atoms with Gasteiger partial charge in [-0.05, 0) is 13.0 Å². The van der Waals surface area contributed by atoms with Gasteiger partial charge in [0.1, 0.15) is 0 Å². The van der Waals surface area contributed by atoms with E-state index >= 15 is 0 Å². The van der Waals surface area contributed by atoms with E-state index in [1.807, 2.05) is 0 Å². The number of rotatable bonds is 2. The first-order valence-corrected chi connectivity index (χ1v) is 4.46. The average molecular weight is 195 g/mol. The Balaban J connectivity index is -0.0000000457. The Hall–Kier alpha value is 1.07. The van der Waals surface area contributed by atoms with Crippen molar-refractivity contribution >= 4 is 7.82 Å². The molecule has 0 saturated heterocycles. The van der Waals surface area contributed by atoms with Gasteiger partial charge in [0.25, 0.3) is 0 Å². The smallest absolute Gasteiger partial charge is 1.00 e. The summed E-state index contributed by atoms with van der Waals surface area (Å²) in [6.45, 7) is 2.98. The van der Waals surface area contributed by atoms with E-state index in [1.54, 1.807) is 0 Å². The van der Waals surface area contributed by atoms with Gasteiger partial charge in [-0.3, -0.25) is 0 Å². The van der Waals surface area contributed by atoms with Gasteiger partial charge >= 0.3 is 37.4 Å². The molecule has 0 saturated carbocycles. The van der Waals surface area contributed by atoms with Crippen LogP contribution in [0.2, 0.25) is 0 Å². The minimum Gasteiger partial charge on any atom is -1.00 e. The molecule has 0 fully saturated rings. The first-order chi connectivity index (χ1) is 4.41. The second kappa shape index (κ2) is 11.1. The van der Waals surface area contributed by atoms with Crippen LogP contribution < -0.4 is 35.3 Å². The van der Waals surface area contributed by atoms with Crippen molar-refractivity contribution < 1.29 is 50.2 Å². The second-order valence-electron chi connectivity index (χ2n) is 1.66. The monoisotopic (exact) mass is 195 g/mol. The average Bonchev–Trinajstić information content (AvgIpc) is 1.63. The molecule has 7 heteroatoms. The zero-order chi connectivity index (χ0) is 8.62. The van der Waals surface area contributed by atoms with Crippen molar-refractivity contribution in [3.05, 3.63) is 0 Å². The molecule has 0 amide bonds. The fourth-order valence-electron chi connectivity index (χ4n) is 0.204. The minimum absolute atomic E-state index is 0. The Labute approximate surface area is 90.0 Å². The van der Waals surface area contributed by atoms with Crippen LogP contribution in [0, 0.1) is 0 Å². The fourth-order valence-corrected chi connectivity index (χ4v) is 0.204. The van der Waals surface area contributed by atoms with E-state index in [0.717, 1.165) is 6.54 Å². The number of hydrogen-bond acceptors (Lipinski definition) is 2. The molecule has 0 rings (SSSR count). The third kappa shape index (κ3) is 96.6. The quantitative estimate of drug-likeness (QED) is 0.276. The van der Waals surface area contributed by atoms with Crippen molar-refractivity contribution in [1.82, 2.24) is 0 Å². The van der Waals surface area contributed by atoms with Crippen LogP contribution in [0.3, 0.4) is 0 Å². The molecule has 0 radical (unpaired) electrons. The van der Waals surface area contributed by atoms with Crippen molar-refractivity contribution in [2.45, 2.75) is 19.8 Å². The van der Waals surface area contributed by atoms with Gasteiger partial charge in [-0.25, -0.2) is 4.57 Å². The Bertz CT molecular complexity index is 101. The van der Waals surface area contributed by atoms with Gasteiger partial charge in [0.15, 0.2) is 0 Å². The number of phosphoric acid groups is 1. The minimum atomic E-state index is -4.64. The van der Waals surface area contributed by atoms with Crippen molar-refractivity contribution in [3.8, 4) is 0 Å². The molecule has 0 spiro atoms. The normalized spacial score (nSPS) is 9.18. The molecule has 0 atom stereocenters. The van der Waals surface area contributed by atoms with Crippen LogP contribution in [0.5, 0.6) is 0 Å². The maximum atomic E-state index is 8.88. The van der Waals surface area contributed by atoms with Crippen molar-refractivity contribution in [2.24, 2.45) is 5.73 Å². The third-order valence-corrected chi connectivity index (χ3v) is 0.558. The van der Waals surface area contributed by atoms with Crippen LogP contribution in [0.25, 0.3) is 0 Å². The van der Waals surface area contributed by atoms with E-state index in [4.69, 9.17) is 25.0 Å². The molecule has 0 aliphatic carbocycles. The maximum absolute atomic E-state index is 8.88. The van der Waals surface area contributed by atoms with Gasteiger partial charge < -0.3 is 21.8 Å². The van der Waals surface area contributed by atoms with Gasteiger partial charge in [0.05, 0.1) is 0 Å². The Morgan fingerprint density at radius 2 is 1.73 bits per heavy atom. The number of nitrogens with two attached hydrogens (primary N) is 1. The summed E-state index contributed by atoms with van der Waals surface area (Å²) in [5.74, 6) is 0. The van der Waals surface area contributed by atoms with E-state index in [1.165, 1.54) is 12.8 Å². The molecule has 0 aliphatic rings. The largest absolute Gasteiger partial charge is 1.00 e. The van der Waals surface area contributed by atoms with Gasteiger partial charge in [0.2, 0.25) is 0 Å². The molecule has 5 N–H and O–H groups in total. The number of unbranched alkanes of at least 4 members (excludes halogenated alkanes) is 1. The van der Waals surface area contributed by atoms with Gasteiger partial charge in [-0.2, -0.15) is 0 Å². The van der Waals surface area contributed by atoms with Gasteiger partial charge in [-0.15, -0.1) is 0 Å². The number of hydrogen-bond donors (Lipinski definition) is 4. The second-order valence-corrected chi connectivity index (χ2v) is 2.68. The molecule has 0 bridgehead atoms. The first kappa shape index (κ1) is 18.0. The summed E-state index contributed by atoms with van der Waals surface area (Å²) in [5, 5.41) is 0. The first-order valence-electron chi connectivity index (χ1n) is 2.90. The molecule has 5 nitrogen and oxygen atoms in total. The van der Waals surface area contributed by atoms with E-state index in [0.29, 0.717) is 0 Å². The summed E-state index contributed by atoms with van der Waals surface area (Å²) in [4.78, 5) is 21.6. The predicted molar refractivity (Wildman–Crippen MR) is 39.3 cm³/mol. The summed E-state index contributed by atoms with van der Waals surface area (Å²) in [7, 11) is -4.64. The van der Waals surface area contributed by atoms with Crippen LogP contribution in [0.4, 0.5) is 0 Å². The molecule has 66 valence electrons. The molecule has 0 aromatic rings. The third-order valence-electron chi connectivity index (χ3n) is 0.558. The Morgan fingerprint density at radius 3 is 1.73 bits per heavy atom.